The maximum absolute atomic E-state index is 12.7. The summed E-state index contributed by atoms with van der Waals surface area (Å²) in [6, 6.07) is 5.33. The Balaban J connectivity index is 1.95. The maximum atomic E-state index is 12.7. The number of anilines is 1. The molecule has 0 radical (unpaired) electrons. The molecule has 9 heteroatoms. The van der Waals surface area contributed by atoms with Crippen molar-refractivity contribution in [2.45, 2.75) is 12.3 Å². The van der Waals surface area contributed by atoms with Gasteiger partial charge in [0.15, 0.2) is 0 Å². The number of carbonyl (C=O) groups excluding carboxylic acids is 1. The Morgan fingerprint density at radius 1 is 1.35 bits per heavy atom. The van der Waals surface area contributed by atoms with Gasteiger partial charge in [-0.1, -0.05) is 11.6 Å². The van der Waals surface area contributed by atoms with E-state index in [0.29, 0.717) is 0 Å². The van der Waals surface area contributed by atoms with E-state index in [-0.39, 0.29) is 18.0 Å². The van der Waals surface area contributed by atoms with E-state index in [1.807, 2.05) is 0 Å². The Bertz CT molecular complexity index is 674. The van der Waals surface area contributed by atoms with E-state index in [0.717, 1.165) is 12.1 Å². The minimum atomic E-state index is -4.62. The number of carbonyl (C=O) groups is 1. The van der Waals surface area contributed by atoms with E-state index in [1.165, 1.54) is 18.4 Å². The van der Waals surface area contributed by atoms with Crippen LogP contribution in [0.3, 0.4) is 0 Å². The van der Waals surface area contributed by atoms with Crippen molar-refractivity contribution in [2.75, 3.05) is 11.9 Å². The van der Waals surface area contributed by atoms with Gasteiger partial charge in [0.05, 0.1) is 23.4 Å². The van der Waals surface area contributed by atoms with Gasteiger partial charge in [0.2, 0.25) is 0 Å². The average Bonchev–Trinajstić information content (AvgIpc) is 3.00. The molecular weight excluding hydrogens is 337 g/mol. The Morgan fingerprint density at radius 2 is 2.09 bits per heavy atom. The molecule has 0 saturated heterocycles. The Hall–Kier alpha value is -2.19. The summed E-state index contributed by atoms with van der Waals surface area (Å²) in [4.78, 5) is 11.7. The molecule has 2 rings (SSSR count). The third-order valence-electron chi connectivity index (χ3n) is 2.86. The van der Waals surface area contributed by atoms with Gasteiger partial charge in [-0.25, -0.2) is 4.79 Å². The third kappa shape index (κ3) is 4.64. The van der Waals surface area contributed by atoms with E-state index in [2.05, 4.69) is 10.6 Å². The van der Waals surface area contributed by atoms with Crippen molar-refractivity contribution in [3.63, 3.8) is 0 Å². The fraction of sp³-hybridized carbons (Fsp3) is 0.214. The molecule has 5 nitrogen and oxygen atoms in total. The van der Waals surface area contributed by atoms with Crippen molar-refractivity contribution < 1.29 is 27.5 Å². The third-order valence-corrected chi connectivity index (χ3v) is 3.19. The molecule has 2 aromatic rings. The molecule has 0 saturated carbocycles. The topological polar surface area (TPSA) is 74.5 Å². The van der Waals surface area contributed by atoms with Crippen LogP contribution in [0.4, 0.5) is 23.7 Å². The Labute approximate surface area is 134 Å². The molecule has 1 aromatic heterocycles. The van der Waals surface area contributed by atoms with Crippen LogP contribution in [0.5, 0.6) is 0 Å². The molecule has 23 heavy (non-hydrogen) atoms. The standard InChI is InChI=1S/C14H12ClF3N2O3/c15-10-4-3-8(6-9(10)14(16,17)18)20-13(22)19-7-11(21)12-2-1-5-23-12/h1-6,11,21H,7H2,(H2,19,20,22). The zero-order valence-electron chi connectivity index (χ0n) is 11.5. The summed E-state index contributed by atoms with van der Waals surface area (Å²) in [6.07, 6.45) is -4.32. The van der Waals surface area contributed by atoms with E-state index in [4.69, 9.17) is 16.0 Å². The number of benzene rings is 1. The maximum Gasteiger partial charge on any atom is 0.417 e. The summed E-state index contributed by atoms with van der Waals surface area (Å²) in [7, 11) is 0. The smallest absolute Gasteiger partial charge is 0.417 e. The number of hydrogen-bond acceptors (Lipinski definition) is 3. The van der Waals surface area contributed by atoms with Crippen molar-refractivity contribution in [1.29, 1.82) is 0 Å². The first-order chi connectivity index (χ1) is 10.8. The van der Waals surface area contributed by atoms with Crippen LogP contribution in [-0.4, -0.2) is 17.7 Å². The first-order valence-electron chi connectivity index (χ1n) is 6.40. The summed E-state index contributed by atoms with van der Waals surface area (Å²) in [5.41, 5.74) is -1.13. The van der Waals surface area contributed by atoms with Gasteiger partial charge in [0, 0.05) is 5.69 Å². The van der Waals surface area contributed by atoms with Crippen LogP contribution in [0.25, 0.3) is 0 Å². The quantitative estimate of drug-likeness (QED) is 0.786. The zero-order valence-corrected chi connectivity index (χ0v) is 12.3. The number of urea groups is 1. The number of aliphatic hydroxyl groups is 1. The van der Waals surface area contributed by atoms with E-state index < -0.39 is 28.9 Å². The lowest BCUT2D eigenvalue weighted by molar-refractivity contribution is -0.137. The highest BCUT2D eigenvalue weighted by Crippen LogP contribution is 2.36. The van der Waals surface area contributed by atoms with Crippen LogP contribution in [-0.2, 0) is 6.18 Å². The highest BCUT2D eigenvalue weighted by molar-refractivity contribution is 6.31. The van der Waals surface area contributed by atoms with Gasteiger partial charge in [0.25, 0.3) is 0 Å². The van der Waals surface area contributed by atoms with Gasteiger partial charge in [-0.2, -0.15) is 13.2 Å². The SMILES string of the molecule is O=C(NCC(O)c1ccco1)Nc1ccc(Cl)c(C(F)(F)F)c1. The fourth-order valence-electron chi connectivity index (χ4n) is 1.77. The van der Waals surface area contributed by atoms with Crippen molar-refractivity contribution in [2.24, 2.45) is 0 Å². The summed E-state index contributed by atoms with van der Waals surface area (Å²) >= 11 is 5.49. The lowest BCUT2D eigenvalue weighted by atomic mass is 10.2. The van der Waals surface area contributed by atoms with Crippen LogP contribution < -0.4 is 10.6 Å². The van der Waals surface area contributed by atoms with Gasteiger partial charge in [0.1, 0.15) is 11.9 Å². The van der Waals surface area contributed by atoms with Gasteiger partial charge >= 0.3 is 12.2 Å². The van der Waals surface area contributed by atoms with Gasteiger partial charge < -0.3 is 20.2 Å². The Kier molecular flexibility index (Phi) is 5.17. The molecule has 0 fully saturated rings. The molecule has 1 heterocycles. The largest absolute Gasteiger partial charge is 0.467 e. The molecule has 1 aromatic carbocycles. The summed E-state index contributed by atoms with van der Waals surface area (Å²) < 4.78 is 43.1. The van der Waals surface area contributed by atoms with Gasteiger partial charge in [-0.05, 0) is 30.3 Å². The lowest BCUT2D eigenvalue weighted by Crippen LogP contribution is -2.32. The van der Waals surface area contributed by atoms with Crippen LogP contribution >= 0.6 is 11.6 Å². The molecule has 3 N–H and O–H groups in total. The molecule has 1 unspecified atom stereocenters. The van der Waals surface area contributed by atoms with E-state index >= 15 is 0 Å². The molecular formula is C14H12ClF3N2O3. The van der Waals surface area contributed by atoms with Crippen molar-refractivity contribution in [3.05, 3.63) is 52.9 Å². The van der Waals surface area contributed by atoms with Gasteiger partial charge in [-0.15, -0.1) is 0 Å². The number of alkyl halides is 3. The van der Waals surface area contributed by atoms with Crippen LogP contribution in [0.15, 0.2) is 41.0 Å². The molecule has 2 amide bonds. The first-order valence-corrected chi connectivity index (χ1v) is 6.78. The number of hydrogen-bond donors (Lipinski definition) is 3. The molecule has 0 spiro atoms. The second-order valence-electron chi connectivity index (χ2n) is 4.56. The first kappa shape index (κ1) is 17.2. The molecule has 0 aliphatic carbocycles. The number of halogens is 4. The summed E-state index contributed by atoms with van der Waals surface area (Å²) in [5.74, 6) is 0.260. The number of aliphatic hydroxyl groups excluding tert-OH is 1. The minimum absolute atomic E-state index is 0.0771. The number of amides is 2. The van der Waals surface area contributed by atoms with Gasteiger partial charge in [-0.3, -0.25) is 0 Å². The number of rotatable bonds is 4. The molecule has 0 aliphatic rings. The van der Waals surface area contributed by atoms with Crippen LogP contribution in [0, 0.1) is 0 Å². The van der Waals surface area contributed by atoms with Crippen molar-refractivity contribution >= 4 is 23.3 Å². The Morgan fingerprint density at radius 3 is 2.70 bits per heavy atom. The number of nitrogens with one attached hydrogen (secondary N) is 2. The highest BCUT2D eigenvalue weighted by atomic mass is 35.5. The van der Waals surface area contributed by atoms with Crippen molar-refractivity contribution in [3.8, 4) is 0 Å². The van der Waals surface area contributed by atoms with Crippen molar-refractivity contribution in [1.82, 2.24) is 5.32 Å². The minimum Gasteiger partial charge on any atom is -0.467 e. The predicted molar refractivity (Wildman–Crippen MR) is 77.1 cm³/mol. The fourth-order valence-corrected chi connectivity index (χ4v) is 1.99. The summed E-state index contributed by atoms with van der Waals surface area (Å²) in [5, 5.41) is 13.8. The second kappa shape index (κ2) is 6.93. The van der Waals surface area contributed by atoms with Crippen LogP contribution in [0.2, 0.25) is 5.02 Å². The van der Waals surface area contributed by atoms with E-state index in [9.17, 15) is 23.1 Å². The zero-order chi connectivity index (χ0) is 17.0. The molecule has 0 aliphatic heterocycles. The second-order valence-corrected chi connectivity index (χ2v) is 4.97. The normalized spacial score (nSPS) is 12.7. The molecule has 1 atom stereocenters. The van der Waals surface area contributed by atoms with Crippen LogP contribution in [0.1, 0.15) is 17.4 Å². The molecule has 0 bridgehead atoms. The monoisotopic (exact) mass is 348 g/mol. The average molecular weight is 349 g/mol. The number of furan rings is 1. The lowest BCUT2D eigenvalue weighted by Gasteiger charge is -2.13. The van der Waals surface area contributed by atoms with E-state index in [1.54, 1.807) is 6.07 Å². The summed E-state index contributed by atoms with van der Waals surface area (Å²) in [6.45, 7) is -0.168. The predicted octanol–water partition coefficient (Wildman–Crippen LogP) is 3.81. The molecule has 124 valence electrons. The highest BCUT2D eigenvalue weighted by Gasteiger charge is 2.33.